The topological polar surface area (TPSA) is 67.2 Å². The summed E-state index contributed by atoms with van der Waals surface area (Å²) in [5.41, 5.74) is 6.87. The second-order valence-electron chi connectivity index (χ2n) is 4.73. The SMILES string of the molecule is CC1CCCC1Nc1ccc(NC(N)=O)cc1. The molecule has 4 heteroatoms. The summed E-state index contributed by atoms with van der Waals surface area (Å²) < 4.78 is 0. The van der Waals surface area contributed by atoms with Crippen LogP contribution in [0.2, 0.25) is 0 Å². The van der Waals surface area contributed by atoms with Crippen molar-refractivity contribution in [2.45, 2.75) is 32.2 Å². The fourth-order valence-corrected chi connectivity index (χ4v) is 2.37. The first-order valence-corrected chi connectivity index (χ1v) is 6.08. The number of carbonyl (C=O) groups excluding carboxylic acids is 1. The fourth-order valence-electron chi connectivity index (χ4n) is 2.37. The van der Waals surface area contributed by atoms with Crippen molar-refractivity contribution in [1.82, 2.24) is 0 Å². The second-order valence-corrected chi connectivity index (χ2v) is 4.73. The Labute approximate surface area is 102 Å². The van der Waals surface area contributed by atoms with Gasteiger partial charge >= 0.3 is 6.03 Å². The van der Waals surface area contributed by atoms with Gasteiger partial charge in [-0.25, -0.2) is 4.79 Å². The number of hydrogen-bond donors (Lipinski definition) is 3. The van der Waals surface area contributed by atoms with E-state index in [-0.39, 0.29) is 0 Å². The van der Waals surface area contributed by atoms with Crippen LogP contribution in [-0.2, 0) is 0 Å². The molecule has 17 heavy (non-hydrogen) atoms. The van der Waals surface area contributed by atoms with E-state index in [4.69, 9.17) is 5.73 Å². The summed E-state index contributed by atoms with van der Waals surface area (Å²) in [7, 11) is 0. The average molecular weight is 233 g/mol. The molecule has 92 valence electrons. The molecule has 0 aromatic heterocycles. The van der Waals surface area contributed by atoms with Crippen molar-refractivity contribution < 1.29 is 4.79 Å². The summed E-state index contributed by atoms with van der Waals surface area (Å²) in [5.74, 6) is 0.735. The van der Waals surface area contributed by atoms with Gasteiger partial charge in [0.15, 0.2) is 0 Å². The zero-order valence-corrected chi connectivity index (χ0v) is 10.1. The highest BCUT2D eigenvalue weighted by Gasteiger charge is 2.22. The van der Waals surface area contributed by atoms with Gasteiger partial charge in [-0.1, -0.05) is 13.3 Å². The summed E-state index contributed by atoms with van der Waals surface area (Å²) in [6, 6.07) is 7.69. The van der Waals surface area contributed by atoms with Crippen LogP contribution in [0.3, 0.4) is 0 Å². The minimum absolute atomic E-state index is 0.532. The molecule has 4 N–H and O–H groups in total. The van der Waals surface area contributed by atoms with Crippen molar-refractivity contribution >= 4 is 17.4 Å². The molecule has 1 aromatic carbocycles. The molecular formula is C13H19N3O. The Balaban J connectivity index is 1.95. The van der Waals surface area contributed by atoms with E-state index < -0.39 is 6.03 Å². The molecule has 1 aliphatic carbocycles. The maximum absolute atomic E-state index is 10.7. The van der Waals surface area contributed by atoms with E-state index in [1.54, 1.807) is 0 Å². The largest absolute Gasteiger partial charge is 0.382 e. The lowest BCUT2D eigenvalue weighted by molar-refractivity contribution is 0.259. The molecule has 0 radical (unpaired) electrons. The fraction of sp³-hybridized carbons (Fsp3) is 0.462. The van der Waals surface area contributed by atoms with Crippen LogP contribution >= 0.6 is 0 Å². The van der Waals surface area contributed by atoms with Crippen molar-refractivity contribution in [3.05, 3.63) is 24.3 Å². The van der Waals surface area contributed by atoms with Gasteiger partial charge in [-0.15, -0.1) is 0 Å². The highest BCUT2D eigenvalue weighted by atomic mass is 16.2. The van der Waals surface area contributed by atoms with Gasteiger partial charge in [0.1, 0.15) is 0 Å². The zero-order chi connectivity index (χ0) is 12.3. The third kappa shape index (κ3) is 3.12. The standard InChI is InChI=1S/C13H19N3O/c1-9-3-2-4-12(9)15-10-5-7-11(8-6-10)16-13(14)17/h5-9,12,15H,2-4H2,1H3,(H3,14,16,17). The van der Waals surface area contributed by atoms with Gasteiger partial charge in [0.2, 0.25) is 0 Å². The van der Waals surface area contributed by atoms with Crippen LogP contribution in [0.5, 0.6) is 0 Å². The van der Waals surface area contributed by atoms with Gasteiger partial charge in [0, 0.05) is 17.4 Å². The van der Waals surface area contributed by atoms with Crippen molar-refractivity contribution in [3.63, 3.8) is 0 Å². The number of urea groups is 1. The second kappa shape index (κ2) is 5.08. The first kappa shape index (κ1) is 11.8. The molecule has 1 saturated carbocycles. The van der Waals surface area contributed by atoms with Gasteiger partial charge in [0.05, 0.1) is 0 Å². The predicted molar refractivity (Wildman–Crippen MR) is 70.1 cm³/mol. The first-order valence-electron chi connectivity index (χ1n) is 6.08. The molecule has 1 fully saturated rings. The molecule has 4 nitrogen and oxygen atoms in total. The number of benzene rings is 1. The molecule has 1 aliphatic rings. The maximum atomic E-state index is 10.7. The van der Waals surface area contributed by atoms with Crippen LogP contribution in [0.25, 0.3) is 0 Å². The molecule has 2 unspecified atom stereocenters. The summed E-state index contributed by atoms with van der Waals surface area (Å²) in [4.78, 5) is 10.7. The van der Waals surface area contributed by atoms with Crippen molar-refractivity contribution in [1.29, 1.82) is 0 Å². The van der Waals surface area contributed by atoms with Crippen LogP contribution in [0.15, 0.2) is 24.3 Å². The van der Waals surface area contributed by atoms with Crippen LogP contribution in [-0.4, -0.2) is 12.1 Å². The van der Waals surface area contributed by atoms with Crippen molar-refractivity contribution in [2.24, 2.45) is 11.7 Å². The Hall–Kier alpha value is -1.71. The Kier molecular flexibility index (Phi) is 3.52. The molecule has 2 amide bonds. The summed E-state index contributed by atoms with van der Waals surface area (Å²) in [6.07, 6.45) is 3.85. The van der Waals surface area contributed by atoms with Crippen LogP contribution in [0.1, 0.15) is 26.2 Å². The third-order valence-corrected chi connectivity index (χ3v) is 3.37. The lowest BCUT2D eigenvalue weighted by Gasteiger charge is -2.18. The maximum Gasteiger partial charge on any atom is 0.316 e. The number of primary amides is 1. The molecule has 2 atom stereocenters. The molecule has 0 spiro atoms. The number of nitrogens with two attached hydrogens (primary N) is 1. The highest BCUT2D eigenvalue weighted by Crippen LogP contribution is 2.28. The number of amides is 2. The Morgan fingerprint density at radius 2 is 1.88 bits per heavy atom. The van der Waals surface area contributed by atoms with E-state index in [0.717, 1.165) is 17.3 Å². The van der Waals surface area contributed by atoms with Gasteiger partial charge < -0.3 is 16.4 Å². The molecular weight excluding hydrogens is 214 g/mol. The van der Waals surface area contributed by atoms with E-state index in [9.17, 15) is 4.79 Å². The van der Waals surface area contributed by atoms with E-state index in [1.807, 2.05) is 24.3 Å². The number of carbonyl (C=O) groups is 1. The molecule has 0 aliphatic heterocycles. The number of rotatable bonds is 3. The quantitative estimate of drug-likeness (QED) is 0.751. The van der Waals surface area contributed by atoms with Crippen LogP contribution in [0, 0.1) is 5.92 Å². The lowest BCUT2D eigenvalue weighted by atomic mass is 10.1. The van der Waals surface area contributed by atoms with Gasteiger partial charge in [-0.05, 0) is 43.0 Å². The number of anilines is 2. The van der Waals surface area contributed by atoms with Crippen molar-refractivity contribution in [2.75, 3.05) is 10.6 Å². The van der Waals surface area contributed by atoms with Crippen molar-refractivity contribution in [3.8, 4) is 0 Å². The summed E-state index contributed by atoms with van der Waals surface area (Å²) in [5, 5.41) is 6.07. The van der Waals surface area contributed by atoms with Gasteiger partial charge in [0.25, 0.3) is 0 Å². The zero-order valence-electron chi connectivity index (χ0n) is 10.1. The van der Waals surface area contributed by atoms with E-state index in [1.165, 1.54) is 19.3 Å². The monoisotopic (exact) mass is 233 g/mol. The lowest BCUT2D eigenvalue weighted by Crippen LogP contribution is -2.22. The summed E-state index contributed by atoms with van der Waals surface area (Å²) >= 11 is 0. The Morgan fingerprint density at radius 3 is 2.41 bits per heavy atom. The molecule has 2 rings (SSSR count). The highest BCUT2D eigenvalue weighted by molar-refractivity contribution is 5.87. The predicted octanol–water partition coefficient (Wildman–Crippen LogP) is 2.78. The van der Waals surface area contributed by atoms with Gasteiger partial charge in [-0.2, -0.15) is 0 Å². The smallest absolute Gasteiger partial charge is 0.316 e. The minimum Gasteiger partial charge on any atom is -0.382 e. The van der Waals surface area contributed by atoms with Crippen LogP contribution in [0.4, 0.5) is 16.2 Å². The van der Waals surface area contributed by atoms with Gasteiger partial charge in [-0.3, -0.25) is 0 Å². The van der Waals surface area contributed by atoms with E-state index in [2.05, 4.69) is 17.6 Å². The Morgan fingerprint density at radius 1 is 1.24 bits per heavy atom. The minimum atomic E-state index is -0.532. The first-order chi connectivity index (χ1) is 8.15. The average Bonchev–Trinajstić information content (AvgIpc) is 2.67. The van der Waals surface area contributed by atoms with E-state index in [0.29, 0.717) is 6.04 Å². The Bertz CT molecular complexity index is 388. The number of hydrogen-bond acceptors (Lipinski definition) is 2. The molecule has 1 aromatic rings. The molecule has 0 bridgehead atoms. The summed E-state index contributed by atoms with van der Waals surface area (Å²) in [6.45, 7) is 2.29. The molecule has 0 heterocycles. The third-order valence-electron chi connectivity index (χ3n) is 3.37. The normalized spacial score (nSPS) is 23.4. The van der Waals surface area contributed by atoms with Crippen LogP contribution < -0.4 is 16.4 Å². The molecule has 0 saturated heterocycles. The van der Waals surface area contributed by atoms with E-state index >= 15 is 0 Å². The number of nitrogens with one attached hydrogen (secondary N) is 2.